The van der Waals surface area contributed by atoms with Gasteiger partial charge in [0.25, 0.3) is 5.91 Å². The molecule has 2 aromatic heterocycles. The van der Waals surface area contributed by atoms with E-state index in [9.17, 15) is 4.79 Å². The van der Waals surface area contributed by atoms with Gasteiger partial charge < -0.3 is 19.1 Å². The molecule has 0 spiro atoms. The Balaban J connectivity index is 1.45. The van der Waals surface area contributed by atoms with Crippen molar-refractivity contribution in [2.24, 2.45) is 0 Å². The van der Waals surface area contributed by atoms with Crippen LogP contribution in [0.4, 0.5) is 5.82 Å². The second-order valence-electron chi connectivity index (χ2n) is 7.01. The summed E-state index contributed by atoms with van der Waals surface area (Å²) in [5.41, 5.74) is 1.19. The number of para-hydroxylation sites is 1. The van der Waals surface area contributed by atoms with Gasteiger partial charge in [-0.15, -0.1) is 0 Å². The molecule has 4 rings (SSSR count). The third-order valence-electron chi connectivity index (χ3n) is 4.90. The predicted molar refractivity (Wildman–Crippen MR) is 107 cm³/mol. The lowest BCUT2D eigenvalue weighted by atomic mass is 10.1. The Labute approximate surface area is 169 Å². The van der Waals surface area contributed by atoms with Gasteiger partial charge in [-0.05, 0) is 32.9 Å². The summed E-state index contributed by atoms with van der Waals surface area (Å²) in [4.78, 5) is 25.7. The molecule has 0 N–H and O–H groups in total. The molecule has 0 unspecified atom stereocenters. The highest BCUT2D eigenvalue weighted by Crippen LogP contribution is 2.24. The maximum atomic E-state index is 12.8. The molecule has 0 radical (unpaired) electrons. The monoisotopic (exact) mass is 393 g/mol. The van der Waals surface area contributed by atoms with Gasteiger partial charge in [-0.2, -0.15) is 4.98 Å². The maximum absolute atomic E-state index is 12.8. The maximum Gasteiger partial charge on any atom is 0.259 e. The number of carbonyl (C=O) groups excluding carboxylic acids is 1. The van der Waals surface area contributed by atoms with Crippen LogP contribution in [0.5, 0.6) is 11.6 Å². The lowest BCUT2D eigenvalue weighted by molar-refractivity contribution is 0.0744. The molecule has 0 aliphatic carbocycles. The van der Waals surface area contributed by atoms with Gasteiger partial charge in [0.1, 0.15) is 28.7 Å². The van der Waals surface area contributed by atoms with E-state index in [1.54, 1.807) is 13.8 Å². The Morgan fingerprint density at radius 1 is 1.03 bits per heavy atom. The van der Waals surface area contributed by atoms with Crippen LogP contribution in [0, 0.1) is 20.8 Å². The highest BCUT2D eigenvalue weighted by molar-refractivity contribution is 5.96. The zero-order valence-electron chi connectivity index (χ0n) is 16.8. The molecule has 1 saturated heterocycles. The summed E-state index contributed by atoms with van der Waals surface area (Å²) in [5, 5.41) is 3.88. The van der Waals surface area contributed by atoms with Gasteiger partial charge in [-0.3, -0.25) is 4.79 Å². The fourth-order valence-electron chi connectivity index (χ4n) is 3.43. The molecule has 3 aromatic rings. The van der Waals surface area contributed by atoms with Crippen molar-refractivity contribution in [1.29, 1.82) is 0 Å². The van der Waals surface area contributed by atoms with E-state index in [2.05, 4.69) is 20.0 Å². The van der Waals surface area contributed by atoms with Gasteiger partial charge in [0, 0.05) is 32.2 Å². The van der Waals surface area contributed by atoms with Crippen LogP contribution in [-0.4, -0.2) is 52.1 Å². The average Bonchev–Trinajstić information content (AvgIpc) is 3.06. The van der Waals surface area contributed by atoms with Crippen LogP contribution in [0.25, 0.3) is 0 Å². The standard InChI is InChI=1S/C21H23N5O3/c1-14-20(15(2)29-24-14)21(27)26-11-9-25(10-12-26)18-13-19(23-16(3)22-18)28-17-7-5-4-6-8-17/h4-8,13H,9-12H2,1-3H3. The molecule has 1 amide bonds. The molecule has 8 nitrogen and oxygen atoms in total. The quantitative estimate of drug-likeness (QED) is 0.673. The number of carbonyl (C=O) groups is 1. The average molecular weight is 393 g/mol. The second kappa shape index (κ2) is 7.90. The Morgan fingerprint density at radius 3 is 2.41 bits per heavy atom. The fourth-order valence-corrected chi connectivity index (χ4v) is 3.43. The van der Waals surface area contributed by atoms with Crippen molar-refractivity contribution in [2.45, 2.75) is 20.8 Å². The number of hydrogen-bond acceptors (Lipinski definition) is 7. The molecule has 1 aromatic carbocycles. The fraction of sp³-hybridized carbons (Fsp3) is 0.333. The summed E-state index contributed by atoms with van der Waals surface area (Å²) in [6, 6.07) is 11.4. The number of ether oxygens (including phenoxy) is 1. The summed E-state index contributed by atoms with van der Waals surface area (Å²) in [6.07, 6.45) is 0. The molecular formula is C21H23N5O3. The third-order valence-corrected chi connectivity index (χ3v) is 4.90. The van der Waals surface area contributed by atoms with Gasteiger partial charge in [-0.1, -0.05) is 23.4 Å². The van der Waals surface area contributed by atoms with Crippen molar-refractivity contribution in [1.82, 2.24) is 20.0 Å². The van der Waals surface area contributed by atoms with E-state index in [-0.39, 0.29) is 5.91 Å². The van der Waals surface area contributed by atoms with Gasteiger partial charge in [0.2, 0.25) is 5.88 Å². The molecule has 1 fully saturated rings. The Bertz CT molecular complexity index is 991. The summed E-state index contributed by atoms with van der Waals surface area (Å²) in [6.45, 7) is 7.95. The van der Waals surface area contributed by atoms with Crippen molar-refractivity contribution in [2.75, 3.05) is 31.1 Å². The first kappa shape index (κ1) is 18.9. The number of anilines is 1. The number of nitrogens with zero attached hydrogens (tertiary/aromatic N) is 5. The van der Waals surface area contributed by atoms with Crippen LogP contribution in [0.2, 0.25) is 0 Å². The number of aromatic nitrogens is 3. The SMILES string of the molecule is Cc1nc(Oc2ccccc2)cc(N2CCN(C(=O)c3c(C)noc3C)CC2)n1. The summed E-state index contributed by atoms with van der Waals surface area (Å²) >= 11 is 0. The highest BCUT2D eigenvalue weighted by Gasteiger charge is 2.27. The van der Waals surface area contributed by atoms with Crippen LogP contribution in [0.15, 0.2) is 40.9 Å². The molecule has 1 aliphatic rings. The molecule has 150 valence electrons. The Hall–Kier alpha value is -3.42. The van der Waals surface area contributed by atoms with Gasteiger partial charge in [0.15, 0.2) is 0 Å². The number of aryl methyl sites for hydroxylation is 3. The summed E-state index contributed by atoms with van der Waals surface area (Å²) < 4.78 is 11.0. The zero-order valence-corrected chi connectivity index (χ0v) is 16.8. The number of rotatable bonds is 4. The summed E-state index contributed by atoms with van der Waals surface area (Å²) in [5.74, 6) is 3.20. The molecule has 0 bridgehead atoms. The van der Waals surface area contributed by atoms with Crippen LogP contribution in [0.3, 0.4) is 0 Å². The predicted octanol–water partition coefficient (Wildman–Crippen LogP) is 3.14. The topological polar surface area (TPSA) is 84.6 Å². The van der Waals surface area contributed by atoms with Crippen LogP contribution < -0.4 is 9.64 Å². The number of amides is 1. The lowest BCUT2D eigenvalue weighted by Crippen LogP contribution is -2.49. The van der Waals surface area contributed by atoms with Gasteiger partial charge >= 0.3 is 0 Å². The molecule has 1 aliphatic heterocycles. The number of hydrogen-bond donors (Lipinski definition) is 0. The first-order valence-corrected chi connectivity index (χ1v) is 9.57. The second-order valence-corrected chi connectivity index (χ2v) is 7.01. The third kappa shape index (κ3) is 4.06. The van der Waals surface area contributed by atoms with Gasteiger partial charge in [0.05, 0.1) is 5.69 Å². The van der Waals surface area contributed by atoms with Crippen LogP contribution >= 0.6 is 0 Å². The van der Waals surface area contributed by atoms with Crippen molar-refractivity contribution in [3.63, 3.8) is 0 Å². The number of benzene rings is 1. The Kier molecular flexibility index (Phi) is 5.16. The molecule has 29 heavy (non-hydrogen) atoms. The first-order chi connectivity index (χ1) is 14.0. The molecule has 8 heteroatoms. The molecular weight excluding hydrogens is 370 g/mol. The first-order valence-electron chi connectivity index (χ1n) is 9.57. The minimum atomic E-state index is -0.0344. The molecule has 3 heterocycles. The van der Waals surface area contributed by atoms with E-state index >= 15 is 0 Å². The zero-order chi connectivity index (χ0) is 20.4. The minimum Gasteiger partial charge on any atom is -0.439 e. The van der Waals surface area contributed by atoms with Crippen molar-refractivity contribution >= 4 is 11.7 Å². The van der Waals surface area contributed by atoms with Crippen LogP contribution in [-0.2, 0) is 0 Å². The number of piperazine rings is 1. The smallest absolute Gasteiger partial charge is 0.259 e. The van der Waals surface area contributed by atoms with E-state index in [1.807, 2.05) is 48.2 Å². The van der Waals surface area contributed by atoms with E-state index in [4.69, 9.17) is 9.26 Å². The van der Waals surface area contributed by atoms with Crippen LogP contribution in [0.1, 0.15) is 27.6 Å². The van der Waals surface area contributed by atoms with Crippen molar-refractivity contribution in [3.8, 4) is 11.6 Å². The van der Waals surface area contributed by atoms with E-state index in [0.29, 0.717) is 54.9 Å². The molecule has 0 saturated carbocycles. The largest absolute Gasteiger partial charge is 0.439 e. The lowest BCUT2D eigenvalue weighted by Gasteiger charge is -2.35. The van der Waals surface area contributed by atoms with E-state index < -0.39 is 0 Å². The van der Waals surface area contributed by atoms with Crippen molar-refractivity contribution < 1.29 is 14.1 Å². The van der Waals surface area contributed by atoms with E-state index in [1.165, 1.54) is 0 Å². The Morgan fingerprint density at radius 2 is 1.76 bits per heavy atom. The minimum absolute atomic E-state index is 0.0344. The normalized spacial score (nSPS) is 14.2. The van der Waals surface area contributed by atoms with E-state index in [0.717, 1.165) is 11.6 Å². The highest BCUT2D eigenvalue weighted by atomic mass is 16.5. The van der Waals surface area contributed by atoms with Crippen molar-refractivity contribution in [3.05, 3.63) is 59.2 Å². The molecule has 0 atom stereocenters. The summed E-state index contributed by atoms with van der Waals surface area (Å²) in [7, 11) is 0. The van der Waals surface area contributed by atoms with Gasteiger partial charge in [-0.25, -0.2) is 4.98 Å².